The van der Waals surface area contributed by atoms with Crippen LogP contribution in [0.2, 0.25) is 0 Å². The zero-order valence-corrected chi connectivity index (χ0v) is 21.1. The summed E-state index contributed by atoms with van der Waals surface area (Å²) >= 11 is 0. The maximum Gasteiger partial charge on any atom is 0.162 e. The Bertz CT molecular complexity index is 1410. The van der Waals surface area contributed by atoms with Crippen molar-refractivity contribution in [3.8, 4) is 33.6 Å². The lowest BCUT2D eigenvalue weighted by atomic mass is 9.90. The number of hydrogen-bond donors (Lipinski definition) is 4. The Morgan fingerprint density at radius 2 is 1.54 bits per heavy atom. The molecule has 0 bridgehead atoms. The third kappa shape index (κ3) is 4.16. The van der Waals surface area contributed by atoms with E-state index in [1.165, 1.54) is 27.8 Å². The van der Waals surface area contributed by atoms with E-state index in [1.807, 2.05) is 6.20 Å². The summed E-state index contributed by atoms with van der Waals surface area (Å²) in [6.45, 7) is 2.05. The van der Waals surface area contributed by atoms with Gasteiger partial charge in [0.05, 0.1) is 35.4 Å². The molecule has 3 aliphatic rings. The van der Waals surface area contributed by atoms with Crippen LogP contribution < -0.4 is 10.6 Å². The molecule has 4 N–H and O–H groups in total. The molecule has 37 heavy (non-hydrogen) atoms. The molecule has 4 aromatic rings. The number of aromatic amines is 1. The van der Waals surface area contributed by atoms with Gasteiger partial charge < -0.3 is 20.8 Å². The van der Waals surface area contributed by atoms with Gasteiger partial charge in [0.2, 0.25) is 0 Å². The number of H-pyrrole nitrogens is 1. The lowest BCUT2D eigenvalue weighted by Gasteiger charge is -2.16. The zero-order valence-electron chi connectivity index (χ0n) is 21.1. The molecule has 7 nitrogen and oxygen atoms in total. The summed E-state index contributed by atoms with van der Waals surface area (Å²) in [5.74, 6) is 1.80. The Balaban J connectivity index is 1.18. The second kappa shape index (κ2) is 9.47. The topological polar surface area (TPSA) is 90.8 Å². The van der Waals surface area contributed by atoms with Crippen LogP contribution in [0.15, 0.2) is 48.7 Å². The van der Waals surface area contributed by atoms with E-state index in [4.69, 9.17) is 4.98 Å². The van der Waals surface area contributed by atoms with Gasteiger partial charge in [-0.25, -0.2) is 9.97 Å². The smallest absolute Gasteiger partial charge is 0.162 e. The molecule has 2 aromatic heterocycles. The monoisotopic (exact) mass is 494 g/mol. The van der Waals surface area contributed by atoms with E-state index in [2.05, 4.69) is 63.1 Å². The number of aryl methyl sites for hydroxylation is 1. The van der Waals surface area contributed by atoms with Crippen LogP contribution in [0, 0.1) is 0 Å². The molecule has 2 atom stereocenters. The van der Waals surface area contributed by atoms with E-state index in [0.717, 1.165) is 97.9 Å². The number of aromatic nitrogens is 4. The molecule has 1 unspecified atom stereocenters. The quantitative estimate of drug-likeness (QED) is 0.278. The number of benzene rings is 2. The number of nitrogens with zero attached hydrogens (tertiary/aromatic N) is 3. The van der Waals surface area contributed by atoms with Crippen LogP contribution in [0.4, 0.5) is 0 Å². The number of rotatable bonds is 4. The number of hydrogen-bond acceptors (Lipinski definition) is 5. The van der Waals surface area contributed by atoms with Crippen LogP contribution in [0.25, 0.3) is 33.6 Å². The molecule has 7 rings (SSSR count). The van der Waals surface area contributed by atoms with Crippen molar-refractivity contribution < 1.29 is 5.21 Å². The minimum atomic E-state index is 0.139. The number of imidazole rings is 2. The zero-order chi connectivity index (χ0) is 24.8. The SMILES string of the molecule is On1c(C2CCCN2)nc2c1CCCCc1cc(-c3ccc(-c4cnc([C@@H]5CCCN5)[nH]4)cc3)ccc1-2. The fourth-order valence-electron chi connectivity index (χ4n) is 6.28. The molecule has 2 aromatic carbocycles. The third-order valence-electron chi connectivity index (χ3n) is 8.33. The van der Waals surface area contributed by atoms with E-state index < -0.39 is 0 Å². The highest BCUT2D eigenvalue weighted by Gasteiger charge is 2.28. The predicted octanol–water partition coefficient (Wildman–Crippen LogP) is 5.57. The first-order chi connectivity index (χ1) is 18.2. The summed E-state index contributed by atoms with van der Waals surface area (Å²) in [6.07, 6.45) is 10.5. The number of fused-ring (bicyclic) bond motifs is 3. The van der Waals surface area contributed by atoms with Crippen LogP contribution in [0.5, 0.6) is 0 Å². The van der Waals surface area contributed by atoms with Gasteiger partial charge in [0.1, 0.15) is 5.82 Å². The summed E-state index contributed by atoms with van der Waals surface area (Å²) < 4.78 is 1.38. The van der Waals surface area contributed by atoms with Crippen LogP contribution in [-0.4, -0.2) is 38.0 Å². The molecule has 2 saturated heterocycles. The molecule has 7 heteroatoms. The van der Waals surface area contributed by atoms with Crippen molar-refractivity contribution in [2.24, 2.45) is 0 Å². The average Bonchev–Trinajstić information content (AvgIpc) is 3.73. The van der Waals surface area contributed by atoms with Crippen LogP contribution >= 0.6 is 0 Å². The highest BCUT2D eigenvalue weighted by atomic mass is 16.5. The van der Waals surface area contributed by atoms with Gasteiger partial charge in [-0.2, -0.15) is 4.73 Å². The minimum absolute atomic E-state index is 0.139. The second-order valence-electron chi connectivity index (χ2n) is 10.7. The van der Waals surface area contributed by atoms with Gasteiger partial charge in [-0.1, -0.05) is 42.5 Å². The lowest BCUT2D eigenvalue weighted by Crippen LogP contribution is -2.18. The van der Waals surface area contributed by atoms with Gasteiger partial charge >= 0.3 is 0 Å². The van der Waals surface area contributed by atoms with Gasteiger partial charge in [-0.15, -0.1) is 0 Å². The highest BCUT2D eigenvalue weighted by molar-refractivity contribution is 5.75. The highest BCUT2D eigenvalue weighted by Crippen LogP contribution is 2.36. The second-order valence-corrected chi connectivity index (χ2v) is 10.7. The normalized spacial score (nSPS) is 21.4. The van der Waals surface area contributed by atoms with Crippen LogP contribution in [0.1, 0.15) is 73.5 Å². The summed E-state index contributed by atoms with van der Waals surface area (Å²) in [5, 5.41) is 18.0. The minimum Gasteiger partial charge on any atom is -0.427 e. The largest absolute Gasteiger partial charge is 0.427 e. The molecule has 2 aliphatic heterocycles. The van der Waals surface area contributed by atoms with E-state index >= 15 is 0 Å². The van der Waals surface area contributed by atoms with Gasteiger partial charge in [0.15, 0.2) is 5.82 Å². The van der Waals surface area contributed by atoms with E-state index in [9.17, 15) is 5.21 Å². The molecule has 190 valence electrons. The van der Waals surface area contributed by atoms with Gasteiger partial charge in [-0.3, -0.25) is 0 Å². The Kier molecular flexibility index (Phi) is 5.82. The third-order valence-corrected chi connectivity index (χ3v) is 8.33. The van der Waals surface area contributed by atoms with Crippen molar-refractivity contribution in [1.29, 1.82) is 0 Å². The molecule has 0 amide bonds. The maximum atomic E-state index is 11.0. The fourth-order valence-corrected chi connectivity index (χ4v) is 6.28. The predicted molar refractivity (Wildman–Crippen MR) is 144 cm³/mol. The Hall–Kier alpha value is -3.42. The molecule has 1 aliphatic carbocycles. The first-order valence-electron chi connectivity index (χ1n) is 13.8. The lowest BCUT2D eigenvalue weighted by molar-refractivity contribution is 0.160. The van der Waals surface area contributed by atoms with Gasteiger partial charge in [0.25, 0.3) is 0 Å². The van der Waals surface area contributed by atoms with Crippen LogP contribution in [0.3, 0.4) is 0 Å². The van der Waals surface area contributed by atoms with Gasteiger partial charge in [-0.05, 0) is 86.7 Å². The Labute approximate surface area is 217 Å². The Morgan fingerprint density at radius 1 is 0.811 bits per heavy atom. The van der Waals surface area contributed by atoms with Crippen LogP contribution in [-0.2, 0) is 12.8 Å². The molecule has 0 radical (unpaired) electrons. The molecule has 0 spiro atoms. The first-order valence-corrected chi connectivity index (χ1v) is 13.8. The molecular formula is C30H34N6O. The fraction of sp³-hybridized carbons (Fsp3) is 0.400. The Morgan fingerprint density at radius 3 is 2.32 bits per heavy atom. The molecular weight excluding hydrogens is 460 g/mol. The van der Waals surface area contributed by atoms with Crippen molar-refractivity contribution >= 4 is 0 Å². The van der Waals surface area contributed by atoms with Crippen molar-refractivity contribution in [1.82, 2.24) is 30.3 Å². The summed E-state index contributed by atoms with van der Waals surface area (Å²) in [4.78, 5) is 13.1. The van der Waals surface area contributed by atoms with Crippen molar-refractivity contribution in [2.75, 3.05) is 13.1 Å². The van der Waals surface area contributed by atoms with Crippen molar-refractivity contribution in [3.05, 3.63) is 71.6 Å². The van der Waals surface area contributed by atoms with E-state index in [0.29, 0.717) is 6.04 Å². The first kappa shape index (κ1) is 22.8. The summed E-state index contributed by atoms with van der Waals surface area (Å²) in [6, 6.07) is 16.0. The van der Waals surface area contributed by atoms with Crippen molar-refractivity contribution in [3.63, 3.8) is 0 Å². The maximum absolute atomic E-state index is 11.0. The van der Waals surface area contributed by atoms with Crippen molar-refractivity contribution in [2.45, 2.75) is 63.5 Å². The summed E-state index contributed by atoms with van der Waals surface area (Å²) in [7, 11) is 0. The average molecular weight is 495 g/mol. The molecule has 0 saturated carbocycles. The van der Waals surface area contributed by atoms with E-state index in [1.54, 1.807) is 0 Å². The van der Waals surface area contributed by atoms with E-state index in [-0.39, 0.29) is 6.04 Å². The number of nitrogens with one attached hydrogen (secondary N) is 3. The molecule has 4 heterocycles. The molecule has 2 fully saturated rings. The summed E-state index contributed by atoms with van der Waals surface area (Å²) in [5.41, 5.74) is 9.01. The standard InChI is InChI=1S/C30H34N6O/c37-36-27-8-2-1-5-22-17-21(13-14-23(22)28(27)35-30(36)25-7-4-16-32-25)19-9-11-20(12-10-19)26-18-33-29(34-26)24-6-3-15-31-24/h9-14,17-18,24-25,31-32,37H,1-8,15-16H2,(H,33,34)/t24-,25?/m0/s1. The van der Waals surface area contributed by atoms with Gasteiger partial charge in [0, 0.05) is 5.56 Å².